The topological polar surface area (TPSA) is 0 Å². The molecule has 0 atom stereocenters. The molecule has 39 valence electrons. The van der Waals surface area contributed by atoms with Gasteiger partial charge in [-0.25, -0.2) is 4.39 Å². The van der Waals surface area contributed by atoms with Crippen LogP contribution in [0.5, 0.6) is 0 Å². The van der Waals surface area contributed by atoms with Crippen molar-refractivity contribution in [2.75, 3.05) is 0 Å². The van der Waals surface area contributed by atoms with Gasteiger partial charge in [0.05, 0.1) is 0 Å². The number of hydrogen-bond donors (Lipinski definition) is 0. The zero-order chi connectivity index (χ0) is 5.98. The Morgan fingerprint density at radius 1 is 1.38 bits per heavy atom. The average molecular weight is 106 g/mol. The summed E-state index contributed by atoms with van der Waals surface area (Å²) in [5, 5.41) is 0. The highest BCUT2D eigenvalue weighted by Crippen LogP contribution is 1.89. The van der Waals surface area contributed by atoms with Gasteiger partial charge in [-0.2, -0.15) is 0 Å². The second kappa shape index (κ2) is 1.99. The first-order valence-corrected chi connectivity index (χ1v) is 2.30. The van der Waals surface area contributed by atoms with E-state index in [2.05, 4.69) is 0 Å². The fourth-order valence-corrected chi connectivity index (χ4v) is 0.507. The Labute approximate surface area is 48.7 Å². The number of halogens is 1. The van der Waals surface area contributed by atoms with Gasteiger partial charge in [0, 0.05) is 0 Å². The molecule has 0 aromatic heterocycles. The van der Waals surface area contributed by atoms with Crippen LogP contribution in [-0.4, -0.2) is 7.85 Å². The lowest BCUT2D eigenvalue weighted by Crippen LogP contribution is -2.00. The molecule has 0 aliphatic rings. The summed E-state index contributed by atoms with van der Waals surface area (Å²) >= 11 is 0. The van der Waals surface area contributed by atoms with Crippen molar-refractivity contribution in [3.05, 3.63) is 30.1 Å². The van der Waals surface area contributed by atoms with Crippen molar-refractivity contribution in [3.8, 4) is 0 Å². The third kappa shape index (κ3) is 1.09. The van der Waals surface area contributed by atoms with Crippen LogP contribution in [0.25, 0.3) is 0 Å². The van der Waals surface area contributed by atoms with Crippen molar-refractivity contribution >= 4 is 13.3 Å². The molecule has 0 spiro atoms. The van der Waals surface area contributed by atoms with Crippen molar-refractivity contribution in [1.29, 1.82) is 0 Å². The average Bonchev–Trinajstić information content (AvgIpc) is 1.64. The molecule has 2 heteroatoms. The maximum Gasteiger partial charge on any atom is 0.119 e. The predicted octanol–water partition coefficient (Wildman–Crippen LogP) is 0.620. The standard InChI is InChI=1S/C6H4BF/c7-5-2-1-3-6(8)4-5/h1-4H/q-1. The van der Waals surface area contributed by atoms with Gasteiger partial charge in [0.25, 0.3) is 0 Å². The van der Waals surface area contributed by atoms with E-state index in [9.17, 15) is 4.39 Å². The third-order valence-corrected chi connectivity index (χ3v) is 0.849. The minimum atomic E-state index is -0.287. The van der Waals surface area contributed by atoms with Gasteiger partial charge < -0.3 is 13.3 Å². The van der Waals surface area contributed by atoms with Gasteiger partial charge in [-0.15, -0.1) is 6.07 Å². The molecule has 0 saturated heterocycles. The van der Waals surface area contributed by atoms with Gasteiger partial charge >= 0.3 is 0 Å². The van der Waals surface area contributed by atoms with E-state index in [-0.39, 0.29) is 5.82 Å². The summed E-state index contributed by atoms with van der Waals surface area (Å²) in [6, 6.07) is 5.85. The highest BCUT2D eigenvalue weighted by Gasteiger charge is 1.77. The minimum Gasteiger partial charge on any atom is -0.580 e. The van der Waals surface area contributed by atoms with Crippen LogP contribution >= 0.6 is 0 Å². The van der Waals surface area contributed by atoms with Crippen LogP contribution in [0.4, 0.5) is 4.39 Å². The molecule has 0 fully saturated rings. The zero-order valence-electron chi connectivity index (χ0n) is 4.26. The Kier molecular flexibility index (Phi) is 1.33. The summed E-state index contributed by atoms with van der Waals surface area (Å²) in [4.78, 5) is 0. The summed E-state index contributed by atoms with van der Waals surface area (Å²) in [6.07, 6.45) is 0. The number of hydrogen-bond acceptors (Lipinski definition) is 0. The van der Waals surface area contributed by atoms with E-state index < -0.39 is 0 Å². The van der Waals surface area contributed by atoms with Gasteiger partial charge in [0.2, 0.25) is 0 Å². The highest BCUT2D eigenvalue weighted by atomic mass is 19.1. The first-order chi connectivity index (χ1) is 3.79. The van der Waals surface area contributed by atoms with Crippen LogP contribution in [0.3, 0.4) is 0 Å². The van der Waals surface area contributed by atoms with E-state index in [0.717, 1.165) is 0 Å². The maximum atomic E-state index is 12.1. The van der Waals surface area contributed by atoms with Crippen molar-refractivity contribution in [2.24, 2.45) is 0 Å². The highest BCUT2D eigenvalue weighted by molar-refractivity contribution is 6.32. The molecule has 0 heterocycles. The molecular formula is C6H4BF-. The largest absolute Gasteiger partial charge is 0.580 e. The van der Waals surface area contributed by atoms with E-state index in [1.165, 1.54) is 12.1 Å². The fourth-order valence-electron chi connectivity index (χ4n) is 0.507. The molecule has 0 unspecified atom stereocenters. The summed E-state index contributed by atoms with van der Waals surface area (Å²) in [5.74, 6) is -0.287. The second-order valence-electron chi connectivity index (χ2n) is 1.56. The van der Waals surface area contributed by atoms with Crippen LogP contribution in [0, 0.1) is 5.82 Å². The van der Waals surface area contributed by atoms with Gasteiger partial charge in [-0.3, -0.25) is 0 Å². The zero-order valence-corrected chi connectivity index (χ0v) is 4.26. The molecule has 0 aliphatic heterocycles. The second-order valence-corrected chi connectivity index (χ2v) is 1.56. The van der Waals surface area contributed by atoms with Gasteiger partial charge in [0.15, 0.2) is 0 Å². The van der Waals surface area contributed by atoms with Crippen LogP contribution in [0.1, 0.15) is 0 Å². The van der Waals surface area contributed by atoms with Gasteiger partial charge in [-0.1, -0.05) is 12.1 Å². The fraction of sp³-hybridized carbons (Fsp3) is 0. The maximum absolute atomic E-state index is 12.1. The first-order valence-electron chi connectivity index (χ1n) is 2.30. The van der Waals surface area contributed by atoms with E-state index >= 15 is 0 Å². The lowest BCUT2D eigenvalue weighted by molar-refractivity contribution is 0.629. The van der Waals surface area contributed by atoms with E-state index in [1.54, 1.807) is 12.1 Å². The molecule has 0 bridgehead atoms. The van der Waals surface area contributed by atoms with Crippen LogP contribution in [-0.2, 0) is 0 Å². The molecule has 0 aliphatic carbocycles. The quantitative estimate of drug-likeness (QED) is 0.425. The molecule has 3 radical (unpaired) electrons. The lowest BCUT2D eigenvalue weighted by atomic mass is 9.97. The Hall–Kier alpha value is -0.785. The molecular weight excluding hydrogens is 102 g/mol. The molecule has 0 N–H and O–H groups in total. The van der Waals surface area contributed by atoms with E-state index in [4.69, 9.17) is 7.85 Å². The molecule has 0 nitrogen and oxygen atoms in total. The molecule has 1 rings (SSSR count). The van der Waals surface area contributed by atoms with Crippen molar-refractivity contribution < 1.29 is 4.39 Å². The van der Waals surface area contributed by atoms with E-state index in [1.807, 2.05) is 0 Å². The smallest absolute Gasteiger partial charge is 0.119 e. The molecule has 8 heavy (non-hydrogen) atoms. The SMILES string of the molecule is [B-]c1cccc(F)c1. The minimum absolute atomic E-state index is 0.287. The normalized spacial score (nSPS) is 9.25. The summed E-state index contributed by atoms with van der Waals surface area (Å²) in [5.41, 5.74) is 0.463. The number of benzene rings is 1. The molecule has 0 saturated carbocycles. The van der Waals surface area contributed by atoms with Crippen molar-refractivity contribution in [2.45, 2.75) is 0 Å². The monoisotopic (exact) mass is 106 g/mol. The lowest BCUT2D eigenvalue weighted by Gasteiger charge is -2.02. The summed E-state index contributed by atoms with van der Waals surface area (Å²) < 4.78 is 12.1. The molecule has 1 aromatic carbocycles. The molecule has 0 amide bonds. The van der Waals surface area contributed by atoms with Crippen LogP contribution in [0.2, 0.25) is 0 Å². The summed E-state index contributed by atoms with van der Waals surface area (Å²) in [7, 11) is 5.22. The predicted molar refractivity (Wildman–Crippen MR) is 31.8 cm³/mol. The Morgan fingerprint density at radius 2 is 2.12 bits per heavy atom. The number of rotatable bonds is 0. The third-order valence-electron chi connectivity index (χ3n) is 0.849. The Morgan fingerprint density at radius 3 is 2.50 bits per heavy atom. The van der Waals surface area contributed by atoms with Crippen molar-refractivity contribution in [3.63, 3.8) is 0 Å². The van der Waals surface area contributed by atoms with Crippen LogP contribution < -0.4 is 5.46 Å². The summed E-state index contributed by atoms with van der Waals surface area (Å²) in [6.45, 7) is 0. The Balaban J connectivity index is 3.08. The van der Waals surface area contributed by atoms with Crippen LogP contribution in [0.15, 0.2) is 24.3 Å². The Bertz CT molecular complexity index is 168. The van der Waals surface area contributed by atoms with Gasteiger partial charge in [0.1, 0.15) is 5.82 Å². The van der Waals surface area contributed by atoms with Crippen molar-refractivity contribution in [1.82, 2.24) is 0 Å². The van der Waals surface area contributed by atoms with Gasteiger partial charge in [-0.05, 0) is 6.07 Å². The molecule has 1 aromatic rings. The van der Waals surface area contributed by atoms with E-state index in [0.29, 0.717) is 5.46 Å². The first kappa shape index (κ1) is 5.35.